The second-order valence-corrected chi connectivity index (χ2v) is 6.47. The highest BCUT2D eigenvalue weighted by Gasteiger charge is 2.40. The first-order valence-electron chi connectivity index (χ1n) is 7.52. The molecule has 1 aliphatic rings. The molecule has 0 heterocycles. The van der Waals surface area contributed by atoms with Crippen LogP contribution < -0.4 is 5.73 Å². The Morgan fingerprint density at radius 2 is 1.10 bits per heavy atom. The number of rotatable bonds is 2. The van der Waals surface area contributed by atoms with Crippen molar-refractivity contribution in [1.29, 1.82) is 0 Å². The normalized spacial score (nSPS) is 19.5. The lowest BCUT2D eigenvalue weighted by atomic mass is 9.62. The molecule has 2 aromatic carbocycles. The van der Waals surface area contributed by atoms with Gasteiger partial charge in [-0.2, -0.15) is 0 Å². The standard InChI is InChI=1S/C19H23N.ClH/c1-18(20)12-14-19(15-13-18,16-8-4-2-5-9-16)17-10-6-3-7-11-17;/h2-11H,12-15,20H2,1H3;1H. The molecule has 2 N–H and O–H groups in total. The van der Waals surface area contributed by atoms with Crippen molar-refractivity contribution < 1.29 is 0 Å². The number of benzene rings is 2. The third kappa shape index (κ3) is 3.14. The molecule has 0 bridgehead atoms. The summed E-state index contributed by atoms with van der Waals surface area (Å²) in [7, 11) is 0. The van der Waals surface area contributed by atoms with Crippen LogP contribution in [0.3, 0.4) is 0 Å². The fourth-order valence-corrected chi connectivity index (χ4v) is 3.51. The summed E-state index contributed by atoms with van der Waals surface area (Å²) in [5.74, 6) is 0. The van der Waals surface area contributed by atoms with Gasteiger partial charge in [-0.15, -0.1) is 12.4 Å². The first-order valence-corrected chi connectivity index (χ1v) is 7.52. The lowest BCUT2D eigenvalue weighted by molar-refractivity contribution is 0.243. The lowest BCUT2D eigenvalue weighted by Crippen LogP contribution is -2.45. The summed E-state index contributed by atoms with van der Waals surface area (Å²) in [5, 5.41) is 0. The van der Waals surface area contributed by atoms with E-state index in [0.717, 1.165) is 25.7 Å². The molecule has 0 saturated heterocycles. The zero-order valence-corrected chi connectivity index (χ0v) is 13.4. The van der Waals surface area contributed by atoms with Gasteiger partial charge in [-0.1, -0.05) is 60.7 Å². The van der Waals surface area contributed by atoms with Gasteiger partial charge in [-0.05, 0) is 43.7 Å². The van der Waals surface area contributed by atoms with Crippen molar-refractivity contribution in [2.75, 3.05) is 0 Å². The van der Waals surface area contributed by atoms with Gasteiger partial charge in [0, 0.05) is 11.0 Å². The van der Waals surface area contributed by atoms with Gasteiger partial charge >= 0.3 is 0 Å². The van der Waals surface area contributed by atoms with E-state index in [4.69, 9.17) is 5.73 Å². The summed E-state index contributed by atoms with van der Waals surface area (Å²) in [5.41, 5.74) is 9.35. The molecule has 0 unspecified atom stereocenters. The van der Waals surface area contributed by atoms with E-state index in [9.17, 15) is 0 Å². The molecule has 0 amide bonds. The summed E-state index contributed by atoms with van der Waals surface area (Å²) in [4.78, 5) is 0. The van der Waals surface area contributed by atoms with E-state index in [1.165, 1.54) is 11.1 Å². The van der Waals surface area contributed by atoms with Gasteiger partial charge in [-0.3, -0.25) is 0 Å². The summed E-state index contributed by atoms with van der Waals surface area (Å²) in [6, 6.07) is 21.9. The molecule has 0 aliphatic heterocycles. The highest BCUT2D eigenvalue weighted by molar-refractivity contribution is 5.85. The number of hydrogen-bond donors (Lipinski definition) is 1. The highest BCUT2D eigenvalue weighted by Crippen LogP contribution is 2.46. The van der Waals surface area contributed by atoms with Crippen LogP contribution in [0.15, 0.2) is 60.7 Å². The lowest BCUT2D eigenvalue weighted by Gasteiger charge is -2.44. The van der Waals surface area contributed by atoms with Gasteiger partial charge in [0.2, 0.25) is 0 Å². The largest absolute Gasteiger partial charge is 0.325 e. The third-order valence-electron chi connectivity index (χ3n) is 4.90. The van der Waals surface area contributed by atoms with Crippen molar-refractivity contribution in [3.05, 3.63) is 71.8 Å². The molecule has 1 nitrogen and oxygen atoms in total. The quantitative estimate of drug-likeness (QED) is 0.856. The molecule has 1 fully saturated rings. The van der Waals surface area contributed by atoms with Crippen LogP contribution in [0, 0.1) is 0 Å². The van der Waals surface area contributed by atoms with E-state index in [1.807, 2.05) is 0 Å². The van der Waals surface area contributed by atoms with Crippen molar-refractivity contribution in [1.82, 2.24) is 0 Å². The fourth-order valence-electron chi connectivity index (χ4n) is 3.51. The Morgan fingerprint density at radius 1 is 0.714 bits per heavy atom. The zero-order valence-electron chi connectivity index (χ0n) is 12.6. The Bertz CT molecular complexity index is 511. The van der Waals surface area contributed by atoms with Crippen molar-refractivity contribution in [2.24, 2.45) is 5.73 Å². The van der Waals surface area contributed by atoms with E-state index in [0.29, 0.717) is 0 Å². The molecule has 0 radical (unpaired) electrons. The molecule has 1 saturated carbocycles. The molecule has 2 heteroatoms. The van der Waals surface area contributed by atoms with Gasteiger partial charge in [0.05, 0.1) is 0 Å². The third-order valence-corrected chi connectivity index (χ3v) is 4.90. The van der Waals surface area contributed by atoms with Crippen LogP contribution in [0.25, 0.3) is 0 Å². The van der Waals surface area contributed by atoms with E-state index < -0.39 is 0 Å². The van der Waals surface area contributed by atoms with Crippen molar-refractivity contribution >= 4 is 12.4 Å². The molecule has 3 rings (SSSR count). The number of hydrogen-bond acceptors (Lipinski definition) is 1. The average molecular weight is 302 g/mol. The summed E-state index contributed by atoms with van der Waals surface area (Å²) in [6.45, 7) is 2.19. The second-order valence-electron chi connectivity index (χ2n) is 6.47. The Morgan fingerprint density at radius 3 is 1.48 bits per heavy atom. The molecule has 2 aromatic rings. The molecule has 21 heavy (non-hydrogen) atoms. The minimum absolute atomic E-state index is 0. The molecular formula is C19H24ClN. The van der Waals surface area contributed by atoms with Crippen molar-refractivity contribution in [3.63, 3.8) is 0 Å². The van der Waals surface area contributed by atoms with Crippen LogP contribution in [0.2, 0.25) is 0 Å². The Hall–Kier alpha value is -1.31. The summed E-state index contributed by atoms with van der Waals surface area (Å²) in [6.07, 6.45) is 4.43. The van der Waals surface area contributed by atoms with E-state index >= 15 is 0 Å². The van der Waals surface area contributed by atoms with Crippen LogP contribution in [-0.2, 0) is 5.41 Å². The maximum Gasteiger partial charge on any atom is 0.0204 e. The number of halogens is 1. The predicted octanol–water partition coefficient (Wildman–Crippen LogP) is 4.69. The predicted molar refractivity (Wildman–Crippen MR) is 92.0 cm³/mol. The zero-order chi connectivity index (χ0) is 14.1. The Kier molecular flexibility index (Phi) is 4.75. The molecule has 112 valence electrons. The van der Waals surface area contributed by atoms with Crippen LogP contribution in [0.4, 0.5) is 0 Å². The first kappa shape index (κ1) is 16.1. The second kappa shape index (κ2) is 6.21. The molecule has 0 atom stereocenters. The maximum absolute atomic E-state index is 6.36. The van der Waals surface area contributed by atoms with Gasteiger partial charge in [0.15, 0.2) is 0 Å². The molecular weight excluding hydrogens is 278 g/mol. The Labute approximate surface area is 134 Å². The van der Waals surface area contributed by atoms with E-state index in [1.54, 1.807) is 0 Å². The van der Waals surface area contributed by atoms with Gasteiger partial charge in [0.1, 0.15) is 0 Å². The average Bonchev–Trinajstić information content (AvgIpc) is 2.50. The summed E-state index contributed by atoms with van der Waals surface area (Å²) >= 11 is 0. The minimum atomic E-state index is -0.00688. The van der Waals surface area contributed by atoms with Crippen LogP contribution in [0.1, 0.15) is 43.7 Å². The van der Waals surface area contributed by atoms with E-state index in [2.05, 4.69) is 67.6 Å². The van der Waals surface area contributed by atoms with E-state index in [-0.39, 0.29) is 23.4 Å². The maximum atomic E-state index is 6.36. The fraction of sp³-hybridized carbons (Fsp3) is 0.368. The van der Waals surface area contributed by atoms with Crippen molar-refractivity contribution in [2.45, 2.75) is 43.6 Å². The topological polar surface area (TPSA) is 26.0 Å². The SMILES string of the molecule is CC1(N)CCC(c2ccccc2)(c2ccccc2)CC1.Cl. The van der Waals surface area contributed by atoms with Crippen LogP contribution in [-0.4, -0.2) is 5.54 Å². The molecule has 0 spiro atoms. The van der Waals surface area contributed by atoms with Gasteiger partial charge in [0.25, 0.3) is 0 Å². The van der Waals surface area contributed by atoms with Gasteiger partial charge in [-0.25, -0.2) is 0 Å². The summed E-state index contributed by atoms with van der Waals surface area (Å²) < 4.78 is 0. The number of nitrogens with two attached hydrogens (primary N) is 1. The Balaban J connectivity index is 0.00000161. The first-order chi connectivity index (χ1) is 9.62. The molecule has 0 aromatic heterocycles. The monoisotopic (exact) mass is 301 g/mol. The molecule has 1 aliphatic carbocycles. The van der Waals surface area contributed by atoms with Crippen LogP contribution >= 0.6 is 12.4 Å². The van der Waals surface area contributed by atoms with Crippen molar-refractivity contribution in [3.8, 4) is 0 Å². The smallest absolute Gasteiger partial charge is 0.0204 e. The highest BCUT2D eigenvalue weighted by atomic mass is 35.5. The van der Waals surface area contributed by atoms with Crippen LogP contribution in [0.5, 0.6) is 0 Å². The minimum Gasteiger partial charge on any atom is -0.325 e. The van der Waals surface area contributed by atoms with Gasteiger partial charge < -0.3 is 5.73 Å².